The predicted molar refractivity (Wildman–Crippen MR) is 67.9 cm³/mol. The van der Waals surface area contributed by atoms with Gasteiger partial charge in [0.2, 0.25) is 5.88 Å². The Morgan fingerprint density at radius 2 is 2.32 bits per heavy atom. The Labute approximate surface area is 111 Å². The monoisotopic (exact) mass is 262 g/mol. The maximum absolute atomic E-state index is 13.4. The lowest BCUT2D eigenvalue weighted by atomic mass is 9.99. The highest BCUT2D eigenvalue weighted by atomic mass is 19.1. The molecular weight excluding hydrogens is 247 g/mol. The fourth-order valence-corrected chi connectivity index (χ4v) is 2.32. The summed E-state index contributed by atoms with van der Waals surface area (Å²) in [6, 6.07) is 2.78. The van der Waals surface area contributed by atoms with Gasteiger partial charge in [0.05, 0.1) is 5.54 Å². The van der Waals surface area contributed by atoms with Crippen LogP contribution in [0.1, 0.15) is 25.7 Å². The van der Waals surface area contributed by atoms with Crippen LogP contribution in [-0.4, -0.2) is 23.0 Å². The van der Waals surface area contributed by atoms with Gasteiger partial charge in [-0.05, 0) is 30.9 Å². The van der Waals surface area contributed by atoms with E-state index in [1.54, 1.807) is 0 Å². The van der Waals surface area contributed by atoms with Crippen molar-refractivity contribution in [2.75, 3.05) is 6.61 Å². The van der Waals surface area contributed by atoms with Crippen molar-refractivity contribution in [2.24, 2.45) is 0 Å². The Bertz CT molecular complexity index is 504. The van der Waals surface area contributed by atoms with Gasteiger partial charge >= 0.3 is 0 Å². The number of carbonyl (C=O) groups is 1. The number of hydrogen-bond acceptors (Lipinski definition) is 3. The molecule has 1 amide bonds. The highest BCUT2D eigenvalue weighted by Gasteiger charge is 2.36. The van der Waals surface area contributed by atoms with Crippen LogP contribution in [0.5, 0.6) is 5.88 Å². The SMILES string of the molecule is C#CC(=O)NC1(COc2ncccc2F)CCCC1. The van der Waals surface area contributed by atoms with Gasteiger partial charge in [0, 0.05) is 6.20 Å². The minimum Gasteiger partial charge on any atom is -0.473 e. The molecule has 2 rings (SSSR count). The molecule has 0 aromatic carbocycles. The number of nitrogens with zero attached hydrogens (tertiary/aromatic N) is 1. The van der Waals surface area contributed by atoms with E-state index in [1.165, 1.54) is 18.3 Å². The Morgan fingerprint density at radius 3 is 2.95 bits per heavy atom. The first-order valence-electron chi connectivity index (χ1n) is 6.17. The van der Waals surface area contributed by atoms with E-state index < -0.39 is 17.3 Å². The molecule has 1 heterocycles. The zero-order valence-corrected chi connectivity index (χ0v) is 10.5. The van der Waals surface area contributed by atoms with Gasteiger partial charge in [0.25, 0.3) is 5.91 Å². The molecular formula is C14H15FN2O2. The van der Waals surface area contributed by atoms with E-state index in [0.29, 0.717) is 0 Å². The number of ether oxygens (including phenoxy) is 1. The molecule has 19 heavy (non-hydrogen) atoms. The molecule has 0 aliphatic heterocycles. The van der Waals surface area contributed by atoms with Gasteiger partial charge in [-0.25, -0.2) is 9.37 Å². The van der Waals surface area contributed by atoms with Crippen molar-refractivity contribution in [2.45, 2.75) is 31.2 Å². The summed E-state index contributed by atoms with van der Waals surface area (Å²) >= 11 is 0. The maximum atomic E-state index is 13.4. The summed E-state index contributed by atoms with van der Waals surface area (Å²) in [6.07, 6.45) is 10.0. The van der Waals surface area contributed by atoms with Crippen molar-refractivity contribution in [3.8, 4) is 18.2 Å². The van der Waals surface area contributed by atoms with Crippen LogP contribution in [0, 0.1) is 18.2 Å². The number of carbonyl (C=O) groups excluding carboxylic acids is 1. The molecule has 1 aliphatic rings. The molecule has 1 saturated carbocycles. The van der Waals surface area contributed by atoms with Gasteiger partial charge in [-0.2, -0.15) is 0 Å². The van der Waals surface area contributed by atoms with Crippen molar-refractivity contribution < 1.29 is 13.9 Å². The minimum atomic E-state index is -0.515. The van der Waals surface area contributed by atoms with Crippen molar-refractivity contribution in [3.63, 3.8) is 0 Å². The second-order valence-electron chi connectivity index (χ2n) is 4.66. The molecule has 1 aliphatic carbocycles. The molecule has 1 N–H and O–H groups in total. The quantitative estimate of drug-likeness (QED) is 0.840. The van der Waals surface area contributed by atoms with Crippen LogP contribution >= 0.6 is 0 Å². The third kappa shape index (κ3) is 3.22. The van der Waals surface area contributed by atoms with E-state index in [2.05, 4.69) is 10.3 Å². The fourth-order valence-electron chi connectivity index (χ4n) is 2.32. The van der Waals surface area contributed by atoms with Crippen LogP contribution in [0.15, 0.2) is 18.3 Å². The summed E-state index contributed by atoms with van der Waals surface area (Å²) < 4.78 is 18.8. The molecule has 5 heteroatoms. The summed E-state index contributed by atoms with van der Waals surface area (Å²) in [6.45, 7) is 0.175. The number of pyridine rings is 1. The smallest absolute Gasteiger partial charge is 0.296 e. The number of hydrogen-bond donors (Lipinski definition) is 1. The van der Waals surface area contributed by atoms with Crippen molar-refractivity contribution in [3.05, 3.63) is 24.1 Å². The first-order valence-corrected chi connectivity index (χ1v) is 6.17. The molecule has 1 fully saturated rings. The molecule has 0 spiro atoms. The zero-order chi connectivity index (χ0) is 13.7. The largest absolute Gasteiger partial charge is 0.473 e. The van der Waals surface area contributed by atoms with E-state index in [0.717, 1.165) is 25.7 Å². The summed E-state index contributed by atoms with van der Waals surface area (Å²) in [4.78, 5) is 15.2. The molecule has 1 aromatic heterocycles. The van der Waals surface area contributed by atoms with E-state index in [9.17, 15) is 9.18 Å². The normalized spacial score (nSPS) is 16.6. The molecule has 0 saturated heterocycles. The Balaban J connectivity index is 2.04. The summed E-state index contributed by atoms with van der Waals surface area (Å²) in [5.74, 6) is 0.998. The van der Waals surface area contributed by atoms with E-state index in [4.69, 9.17) is 11.2 Å². The van der Waals surface area contributed by atoms with Gasteiger partial charge < -0.3 is 10.1 Å². The van der Waals surface area contributed by atoms with Crippen molar-refractivity contribution >= 4 is 5.91 Å². The van der Waals surface area contributed by atoms with Crippen LogP contribution in [-0.2, 0) is 4.79 Å². The van der Waals surface area contributed by atoms with Crippen LogP contribution in [0.2, 0.25) is 0 Å². The Hall–Kier alpha value is -2.09. The molecule has 1 aromatic rings. The number of halogens is 1. The highest BCUT2D eigenvalue weighted by Crippen LogP contribution is 2.30. The van der Waals surface area contributed by atoms with E-state index in [1.807, 2.05) is 5.92 Å². The third-order valence-corrected chi connectivity index (χ3v) is 3.28. The average Bonchev–Trinajstić information content (AvgIpc) is 2.86. The average molecular weight is 262 g/mol. The van der Waals surface area contributed by atoms with Gasteiger partial charge in [-0.3, -0.25) is 4.79 Å². The van der Waals surface area contributed by atoms with Gasteiger partial charge in [-0.1, -0.05) is 12.8 Å². The fraction of sp³-hybridized carbons (Fsp3) is 0.429. The first-order chi connectivity index (χ1) is 9.15. The van der Waals surface area contributed by atoms with Crippen LogP contribution in [0.4, 0.5) is 4.39 Å². The number of rotatable bonds is 4. The summed E-state index contributed by atoms with van der Waals surface area (Å²) in [5, 5.41) is 2.78. The third-order valence-electron chi connectivity index (χ3n) is 3.28. The number of amides is 1. The molecule has 0 bridgehead atoms. The van der Waals surface area contributed by atoms with Gasteiger partial charge in [-0.15, -0.1) is 6.42 Å². The van der Waals surface area contributed by atoms with Crippen molar-refractivity contribution in [1.29, 1.82) is 0 Å². The van der Waals surface area contributed by atoms with Crippen LogP contribution in [0.3, 0.4) is 0 Å². The summed E-state index contributed by atoms with van der Waals surface area (Å²) in [7, 11) is 0. The number of terminal acetylenes is 1. The molecule has 100 valence electrons. The Morgan fingerprint density at radius 1 is 1.58 bits per heavy atom. The molecule has 4 nitrogen and oxygen atoms in total. The van der Waals surface area contributed by atoms with Crippen LogP contribution in [0.25, 0.3) is 0 Å². The lowest BCUT2D eigenvalue weighted by Gasteiger charge is -2.29. The predicted octanol–water partition coefficient (Wildman–Crippen LogP) is 1.66. The highest BCUT2D eigenvalue weighted by molar-refractivity contribution is 5.93. The number of nitrogens with one attached hydrogen (secondary N) is 1. The minimum absolute atomic E-state index is 0.0521. The van der Waals surface area contributed by atoms with Gasteiger partial charge in [0.15, 0.2) is 5.82 Å². The lowest BCUT2D eigenvalue weighted by Crippen LogP contribution is -2.50. The van der Waals surface area contributed by atoms with Crippen LogP contribution < -0.4 is 10.1 Å². The zero-order valence-electron chi connectivity index (χ0n) is 10.5. The molecule has 0 radical (unpaired) electrons. The standard InChI is InChI=1S/C14H15FN2O2/c1-2-12(18)17-14(7-3-4-8-14)10-19-13-11(15)6-5-9-16-13/h1,5-6,9H,3-4,7-8,10H2,(H,17,18). The lowest BCUT2D eigenvalue weighted by molar-refractivity contribution is -0.117. The maximum Gasteiger partial charge on any atom is 0.296 e. The van der Waals surface area contributed by atoms with E-state index in [-0.39, 0.29) is 12.5 Å². The van der Waals surface area contributed by atoms with E-state index >= 15 is 0 Å². The first kappa shape index (κ1) is 13.3. The molecule has 0 atom stereocenters. The van der Waals surface area contributed by atoms with Gasteiger partial charge in [0.1, 0.15) is 6.61 Å². The molecule has 0 unspecified atom stereocenters. The second kappa shape index (κ2) is 5.70. The Kier molecular flexibility index (Phi) is 4.00. The summed E-state index contributed by atoms with van der Waals surface area (Å²) in [5.41, 5.74) is -0.507. The van der Waals surface area contributed by atoms with Crippen molar-refractivity contribution in [1.82, 2.24) is 10.3 Å². The topological polar surface area (TPSA) is 51.2 Å². The second-order valence-corrected chi connectivity index (χ2v) is 4.66. The number of aromatic nitrogens is 1.